The lowest BCUT2D eigenvalue weighted by atomic mass is 9.98. The maximum absolute atomic E-state index is 16.5. The first-order valence-corrected chi connectivity index (χ1v) is 14.6. The molecule has 2 unspecified atom stereocenters. The van der Waals surface area contributed by atoms with Crippen molar-refractivity contribution in [1.82, 2.24) is 25.2 Å². The molecule has 0 amide bonds. The van der Waals surface area contributed by atoms with Crippen molar-refractivity contribution in [3.63, 3.8) is 0 Å². The average Bonchev–Trinajstić information content (AvgIpc) is 3.30. The van der Waals surface area contributed by atoms with Crippen LogP contribution in [0.3, 0.4) is 0 Å². The fourth-order valence-corrected chi connectivity index (χ4v) is 6.44. The molecular formula is C29H36ClF4N7O. The number of likely N-dealkylation sites (tertiary alicyclic amines) is 1. The number of halogens is 5. The highest BCUT2D eigenvalue weighted by Crippen LogP contribution is 2.44. The number of fused-ring (bicyclic) bond motifs is 1. The Bertz CT molecular complexity index is 1470. The molecule has 2 fully saturated rings. The first kappa shape index (κ1) is 30.5. The van der Waals surface area contributed by atoms with Gasteiger partial charge in [0, 0.05) is 36.6 Å². The second-order valence-corrected chi connectivity index (χ2v) is 11.8. The van der Waals surface area contributed by atoms with Crippen LogP contribution < -0.4 is 20.7 Å². The number of nitrogens with two attached hydrogens (primary N) is 1. The predicted molar refractivity (Wildman–Crippen MR) is 157 cm³/mol. The molecular weight excluding hydrogens is 574 g/mol. The van der Waals surface area contributed by atoms with E-state index in [9.17, 15) is 13.2 Å². The Kier molecular flexibility index (Phi) is 8.69. The molecule has 1 aromatic carbocycles. The molecule has 2 aliphatic rings. The molecule has 3 N–H and O–H groups in total. The van der Waals surface area contributed by atoms with Crippen LogP contribution in [0.25, 0.3) is 22.2 Å². The SMILES string of the molecule is CCCC1CN(c2nc(OC[C@@H]3CCCN3C)nc3c(F)c(-c4nc(N)cc(C)c4C(F)(F)F)c(Cl)cc23)CC(C)N1. The molecule has 0 saturated carbocycles. The number of benzene rings is 1. The van der Waals surface area contributed by atoms with Crippen molar-refractivity contribution in [2.24, 2.45) is 0 Å². The van der Waals surface area contributed by atoms with E-state index in [2.05, 4.69) is 34.0 Å². The van der Waals surface area contributed by atoms with Crippen LogP contribution in [-0.4, -0.2) is 71.3 Å². The molecule has 5 rings (SSSR count). The summed E-state index contributed by atoms with van der Waals surface area (Å²) in [7, 11) is 2.01. The van der Waals surface area contributed by atoms with Crippen molar-refractivity contribution in [2.75, 3.05) is 43.9 Å². The van der Waals surface area contributed by atoms with Gasteiger partial charge in [0.15, 0.2) is 5.82 Å². The van der Waals surface area contributed by atoms with E-state index < -0.39 is 28.8 Å². The van der Waals surface area contributed by atoms with E-state index in [1.54, 1.807) is 0 Å². The molecule has 2 aliphatic heterocycles. The molecule has 0 aliphatic carbocycles. The molecule has 0 radical (unpaired) electrons. The summed E-state index contributed by atoms with van der Waals surface area (Å²) in [5, 5.41) is 3.62. The van der Waals surface area contributed by atoms with Gasteiger partial charge in [-0.3, -0.25) is 0 Å². The second kappa shape index (κ2) is 12.0. The van der Waals surface area contributed by atoms with Crippen LogP contribution in [0.1, 0.15) is 50.7 Å². The number of hydrogen-bond acceptors (Lipinski definition) is 8. The number of alkyl halides is 3. The van der Waals surface area contributed by atoms with Crippen LogP contribution in [0.2, 0.25) is 5.02 Å². The smallest absolute Gasteiger partial charge is 0.418 e. The number of pyridine rings is 1. The number of likely N-dealkylation sites (N-methyl/N-ethyl adjacent to an activating group) is 1. The minimum Gasteiger partial charge on any atom is -0.462 e. The minimum absolute atomic E-state index is 0.0454. The van der Waals surface area contributed by atoms with Gasteiger partial charge in [-0.25, -0.2) is 9.37 Å². The van der Waals surface area contributed by atoms with Gasteiger partial charge < -0.3 is 25.6 Å². The van der Waals surface area contributed by atoms with Crippen LogP contribution in [0.4, 0.5) is 29.2 Å². The number of aryl methyl sites for hydroxylation is 1. The number of nitrogens with one attached hydrogen (secondary N) is 1. The molecule has 4 heterocycles. The zero-order valence-corrected chi connectivity index (χ0v) is 24.9. The largest absolute Gasteiger partial charge is 0.462 e. The Morgan fingerprint density at radius 3 is 2.62 bits per heavy atom. The van der Waals surface area contributed by atoms with E-state index in [0.29, 0.717) is 25.5 Å². The normalized spacial score (nSPS) is 21.8. The van der Waals surface area contributed by atoms with Crippen LogP contribution >= 0.6 is 11.6 Å². The molecule has 0 bridgehead atoms. The number of piperazine rings is 1. The van der Waals surface area contributed by atoms with E-state index >= 15 is 4.39 Å². The Morgan fingerprint density at radius 2 is 1.95 bits per heavy atom. The molecule has 42 heavy (non-hydrogen) atoms. The number of anilines is 2. The van der Waals surface area contributed by atoms with Crippen LogP contribution in [0, 0.1) is 12.7 Å². The lowest BCUT2D eigenvalue weighted by Gasteiger charge is -2.39. The summed E-state index contributed by atoms with van der Waals surface area (Å²) >= 11 is 6.58. The summed E-state index contributed by atoms with van der Waals surface area (Å²) in [6.07, 6.45) is -0.935. The van der Waals surface area contributed by atoms with Gasteiger partial charge in [0.25, 0.3) is 0 Å². The number of rotatable bonds is 7. The summed E-state index contributed by atoms with van der Waals surface area (Å²) in [6.45, 7) is 7.84. The Morgan fingerprint density at radius 1 is 1.19 bits per heavy atom. The average molecular weight is 610 g/mol. The first-order valence-electron chi connectivity index (χ1n) is 14.3. The van der Waals surface area contributed by atoms with Crippen molar-refractivity contribution in [1.29, 1.82) is 0 Å². The second-order valence-electron chi connectivity index (χ2n) is 11.4. The lowest BCUT2D eigenvalue weighted by molar-refractivity contribution is -0.137. The zero-order valence-electron chi connectivity index (χ0n) is 24.2. The molecule has 8 nitrogen and oxygen atoms in total. The van der Waals surface area contributed by atoms with Crippen molar-refractivity contribution in [3.05, 3.63) is 34.1 Å². The van der Waals surface area contributed by atoms with Crippen LogP contribution in [0.15, 0.2) is 12.1 Å². The molecule has 228 valence electrons. The van der Waals surface area contributed by atoms with Gasteiger partial charge in [-0.2, -0.15) is 23.1 Å². The molecule has 13 heteroatoms. The van der Waals surface area contributed by atoms with E-state index in [0.717, 1.165) is 38.3 Å². The molecule has 0 spiro atoms. The number of aromatic nitrogens is 3. The number of hydrogen-bond donors (Lipinski definition) is 2. The monoisotopic (exact) mass is 609 g/mol. The van der Waals surface area contributed by atoms with Crippen molar-refractivity contribution >= 4 is 34.1 Å². The maximum atomic E-state index is 16.5. The summed E-state index contributed by atoms with van der Waals surface area (Å²) < 4.78 is 65.1. The Hall–Kier alpha value is -2.96. The van der Waals surface area contributed by atoms with E-state index in [-0.39, 0.29) is 51.4 Å². The summed E-state index contributed by atoms with van der Waals surface area (Å²) in [5.41, 5.74) is 3.13. The van der Waals surface area contributed by atoms with Gasteiger partial charge >= 0.3 is 12.2 Å². The third-order valence-corrected chi connectivity index (χ3v) is 8.37. The Balaban J connectivity index is 1.69. The van der Waals surface area contributed by atoms with Crippen molar-refractivity contribution < 1.29 is 22.3 Å². The number of ether oxygens (including phenoxy) is 1. The summed E-state index contributed by atoms with van der Waals surface area (Å²) in [6, 6.07) is 2.92. The maximum Gasteiger partial charge on any atom is 0.418 e. The molecule has 3 aromatic rings. The van der Waals surface area contributed by atoms with Crippen LogP contribution in [0.5, 0.6) is 6.01 Å². The number of nitrogens with zero attached hydrogens (tertiary/aromatic N) is 5. The summed E-state index contributed by atoms with van der Waals surface area (Å²) in [5.74, 6) is -0.805. The van der Waals surface area contributed by atoms with Crippen LogP contribution in [-0.2, 0) is 6.18 Å². The highest BCUT2D eigenvalue weighted by atomic mass is 35.5. The third kappa shape index (κ3) is 6.07. The molecule has 2 saturated heterocycles. The molecule has 2 aromatic heterocycles. The van der Waals surface area contributed by atoms with Gasteiger partial charge in [0.05, 0.1) is 21.8 Å². The Labute approximate surface area is 247 Å². The quantitative estimate of drug-likeness (QED) is 0.323. The summed E-state index contributed by atoms with van der Waals surface area (Å²) in [4.78, 5) is 17.2. The third-order valence-electron chi connectivity index (χ3n) is 8.07. The van der Waals surface area contributed by atoms with Crippen molar-refractivity contribution in [2.45, 2.75) is 70.8 Å². The lowest BCUT2D eigenvalue weighted by Crippen LogP contribution is -2.55. The highest BCUT2D eigenvalue weighted by molar-refractivity contribution is 6.34. The standard InChI is InChI=1S/C29H36ClF4N7O/c1-5-7-17-13-41(12-16(3)36-17)27-19-11-20(30)22(26-23(29(32,33)34)15(2)10-21(35)37-26)24(31)25(19)38-28(39-27)42-14-18-8-6-9-40(18)4/h10-11,16-18,36H,5-9,12-14H2,1-4H3,(H2,35,37)/t16?,17?,18-/m0/s1. The van der Waals surface area contributed by atoms with E-state index in [1.807, 2.05) is 11.9 Å². The minimum atomic E-state index is -4.82. The van der Waals surface area contributed by atoms with Crippen molar-refractivity contribution in [3.8, 4) is 17.3 Å². The predicted octanol–water partition coefficient (Wildman–Crippen LogP) is 5.83. The first-order chi connectivity index (χ1) is 19.9. The van der Waals surface area contributed by atoms with Gasteiger partial charge in [0.1, 0.15) is 23.8 Å². The molecule has 3 atom stereocenters. The van der Waals surface area contributed by atoms with E-state index in [1.165, 1.54) is 13.0 Å². The van der Waals surface area contributed by atoms with Gasteiger partial charge in [0.2, 0.25) is 0 Å². The van der Waals surface area contributed by atoms with E-state index in [4.69, 9.17) is 27.1 Å². The van der Waals surface area contributed by atoms with Gasteiger partial charge in [-0.05, 0) is 64.4 Å². The topological polar surface area (TPSA) is 92.4 Å². The zero-order chi connectivity index (χ0) is 30.3. The van der Waals surface area contributed by atoms with Gasteiger partial charge in [-0.1, -0.05) is 24.9 Å². The van der Waals surface area contributed by atoms with Gasteiger partial charge in [-0.15, -0.1) is 0 Å². The number of nitrogen functional groups attached to an aromatic ring is 1. The fraction of sp³-hybridized carbons (Fsp3) is 0.552. The fourth-order valence-electron chi connectivity index (χ4n) is 6.15. The highest BCUT2D eigenvalue weighted by Gasteiger charge is 2.39.